The van der Waals surface area contributed by atoms with Crippen molar-refractivity contribution < 1.29 is 0 Å². The van der Waals surface area contributed by atoms with Crippen molar-refractivity contribution in [2.24, 2.45) is 4.99 Å². The summed E-state index contributed by atoms with van der Waals surface area (Å²) >= 11 is 1.71. The van der Waals surface area contributed by atoms with Gasteiger partial charge in [0.05, 0.1) is 10.7 Å². The van der Waals surface area contributed by atoms with Crippen molar-refractivity contribution in [1.29, 1.82) is 0 Å². The third-order valence-electron chi connectivity index (χ3n) is 5.08. The van der Waals surface area contributed by atoms with Gasteiger partial charge in [0.25, 0.3) is 0 Å². The normalized spacial score (nSPS) is 15.0. The number of rotatable bonds is 9. The minimum Gasteiger partial charge on any atom is -0.369 e. The highest BCUT2D eigenvalue weighted by Crippen LogP contribution is 2.15. The monoisotopic (exact) mass is 542 g/mol. The molecule has 6 nitrogen and oxygen atoms in total. The van der Waals surface area contributed by atoms with Gasteiger partial charge in [0.1, 0.15) is 0 Å². The van der Waals surface area contributed by atoms with Crippen LogP contribution < -0.4 is 15.5 Å². The Bertz CT molecular complexity index is 743. The van der Waals surface area contributed by atoms with Gasteiger partial charge >= 0.3 is 0 Å². The van der Waals surface area contributed by atoms with Crippen LogP contribution in [0.5, 0.6) is 0 Å². The first-order valence-electron chi connectivity index (χ1n) is 10.7. The van der Waals surface area contributed by atoms with Crippen molar-refractivity contribution in [1.82, 2.24) is 20.5 Å². The molecule has 0 bridgehead atoms. The molecular formula is C22H35IN6S. The molecule has 1 aliphatic rings. The second-order valence-corrected chi connectivity index (χ2v) is 8.38. The first kappa shape index (κ1) is 24.9. The number of halogens is 1. The summed E-state index contributed by atoms with van der Waals surface area (Å²) in [6.07, 6.45) is 2.02. The first-order chi connectivity index (χ1) is 14.2. The first-order valence-corrected chi connectivity index (χ1v) is 11.6. The molecule has 3 rings (SSSR count). The van der Waals surface area contributed by atoms with Crippen LogP contribution in [0.25, 0.3) is 0 Å². The molecule has 1 aliphatic heterocycles. The molecule has 2 N–H and O–H groups in total. The van der Waals surface area contributed by atoms with Crippen LogP contribution in [0.4, 0.5) is 5.69 Å². The maximum atomic E-state index is 4.74. The van der Waals surface area contributed by atoms with E-state index in [9.17, 15) is 0 Å². The number of nitrogens with zero attached hydrogens (tertiary/aromatic N) is 4. The third-order valence-corrected chi connectivity index (χ3v) is 5.90. The summed E-state index contributed by atoms with van der Waals surface area (Å²) in [5, 5.41) is 10.0. The lowest BCUT2D eigenvalue weighted by Gasteiger charge is -2.36. The number of hydrogen-bond acceptors (Lipinski definition) is 5. The fourth-order valence-electron chi connectivity index (χ4n) is 3.53. The molecule has 0 unspecified atom stereocenters. The lowest BCUT2D eigenvalue weighted by atomic mass is 10.2. The summed E-state index contributed by atoms with van der Waals surface area (Å²) < 4.78 is 0. The summed E-state index contributed by atoms with van der Waals surface area (Å²) in [6, 6.07) is 10.7. The standard InChI is InChI=1S/C22H34N6S.HI/c1-3-23-22(25-12-10-20-18-29-19(2)26-20)24-11-7-13-27-14-16-28(17-15-27)21-8-5-4-6-9-21;/h4-6,8-9,18H,3,7,10-17H2,1-2H3,(H2,23,24,25);1H. The molecule has 30 heavy (non-hydrogen) atoms. The summed E-state index contributed by atoms with van der Waals surface area (Å²) in [7, 11) is 0. The number of aliphatic imine (C=N–C) groups is 1. The molecule has 0 radical (unpaired) electrons. The maximum absolute atomic E-state index is 4.74. The van der Waals surface area contributed by atoms with Crippen molar-refractivity contribution in [3.05, 3.63) is 46.4 Å². The molecule has 8 heteroatoms. The minimum absolute atomic E-state index is 0. The number of nitrogens with one attached hydrogen (secondary N) is 2. The van der Waals surface area contributed by atoms with Gasteiger partial charge in [-0.3, -0.25) is 9.89 Å². The number of piperazine rings is 1. The van der Waals surface area contributed by atoms with E-state index in [1.165, 1.54) is 5.69 Å². The quantitative estimate of drug-likeness (QED) is 0.220. The largest absolute Gasteiger partial charge is 0.369 e. The number of hydrogen-bond donors (Lipinski definition) is 2. The van der Waals surface area contributed by atoms with Crippen LogP contribution in [0.15, 0.2) is 40.7 Å². The predicted molar refractivity (Wildman–Crippen MR) is 140 cm³/mol. The van der Waals surface area contributed by atoms with E-state index in [2.05, 4.69) is 75.0 Å². The van der Waals surface area contributed by atoms with Gasteiger partial charge in [-0.2, -0.15) is 0 Å². The molecule has 1 aromatic heterocycles. The maximum Gasteiger partial charge on any atom is 0.191 e. The second kappa shape index (κ2) is 13.8. The highest BCUT2D eigenvalue weighted by atomic mass is 127. The van der Waals surface area contributed by atoms with Crippen LogP contribution in [-0.2, 0) is 6.42 Å². The van der Waals surface area contributed by atoms with E-state index in [1.54, 1.807) is 11.3 Å². The number of guanidine groups is 1. The number of benzene rings is 1. The van der Waals surface area contributed by atoms with Crippen LogP contribution in [-0.4, -0.2) is 68.2 Å². The SMILES string of the molecule is CCNC(=NCCCN1CCN(c2ccccc2)CC1)NCCc1csc(C)n1.I. The van der Waals surface area contributed by atoms with Gasteiger partial charge in [-0.15, -0.1) is 35.3 Å². The van der Waals surface area contributed by atoms with Gasteiger partial charge in [-0.1, -0.05) is 18.2 Å². The summed E-state index contributed by atoms with van der Waals surface area (Å²) in [5.74, 6) is 0.911. The fraction of sp³-hybridized carbons (Fsp3) is 0.545. The summed E-state index contributed by atoms with van der Waals surface area (Å²) in [6.45, 7) is 12.3. The zero-order valence-corrected chi connectivity index (χ0v) is 21.3. The highest BCUT2D eigenvalue weighted by molar-refractivity contribution is 14.0. The molecule has 166 valence electrons. The van der Waals surface area contributed by atoms with E-state index in [0.29, 0.717) is 0 Å². The Balaban J connectivity index is 0.00000320. The average Bonchev–Trinajstić information content (AvgIpc) is 3.17. The predicted octanol–water partition coefficient (Wildman–Crippen LogP) is 3.38. The second-order valence-electron chi connectivity index (χ2n) is 7.31. The Morgan fingerprint density at radius 1 is 1.13 bits per heavy atom. The molecule has 1 fully saturated rings. The lowest BCUT2D eigenvalue weighted by molar-refractivity contribution is 0.256. The van der Waals surface area contributed by atoms with Crippen molar-refractivity contribution in [3.8, 4) is 0 Å². The zero-order valence-electron chi connectivity index (χ0n) is 18.1. The Morgan fingerprint density at radius 2 is 1.90 bits per heavy atom. The minimum atomic E-state index is 0. The van der Waals surface area contributed by atoms with Gasteiger partial charge < -0.3 is 15.5 Å². The molecule has 0 spiro atoms. The molecule has 2 heterocycles. The van der Waals surface area contributed by atoms with Crippen LogP contribution in [0.1, 0.15) is 24.0 Å². The molecule has 1 saturated heterocycles. The van der Waals surface area contributed by atoms with Crippen molar-refractivity contribution in [2.45, 2.75) is 26.7 Å². The Hall–Kier alpha value is -1.39. The van der Waals surface area contributed by atoms with Crippen LogP contribution in [0.3, 0.4) is 0 Å². The van der Waals surface area contributed by atoms with Gasteiger partial charge in [-0.05, 0) is 32.4 Å². The Morgan fingerprint density at radius 3 is 2.57 bits per heavy atom. The molecule has 1 aromatic carbocycles. The van der Waals surface area contributed by atoms with E-state index < -0.39 is 0 Å². The lowest BCUT2D eigenvalue weighted by Crippen LogP contribution is -2.46. The molecular weight excluding hydrogens is 507 g/mol. The fourth-order valence-corrected chi connectivity index (χ4v) is 4.17. The van der Waals surface area contributed by atoms with Crippen LogP contribution >= 0.6 is 35.3 Å². The number of thiazole rings is 1. The van der Waals surface area contributed by atoms with E-state index in [4.69, 9.17) is 4.99 Å². The van der Waals surface area contributed by atoms with E-state index in [-0.39, 0.29) is 24.0 Å². The van der Waals surface area contributed by atoms with E-state index in [0.717, 1.165) is 81.9 Å². The number of para-hydroxylation sites is 1. The molecule has 0 amide bonds. The van der Waals surface area contributed by atoms with E-state index >= 15 is 0 Å². The zero-order chi connectivity index (χ0) is 20.3. The van der Waals surface area contributed by atoms with Crippen molar-refractivity contribution in [3.63, 3.8) is 0 Å². The topological polar surface area (TPSA) is 55.8 Å². The average molecular weight is 543 g/mol. The summed E-state index contributed by atoms with van der Waals surface area (Å²) in [5.41, 5.74) is 2.50. The Kier molecular flexibility index (Phi) is 11.5. The van der Waals surface area contributed by atoms with Gasteiger partial charge in [0, 0.05) is 69.8 Å². The van der Waals surface area contributed by atoms with Crippen LogP contribution in [0, 0.1) is 6.92 Å². The smallest absolute Gasteiger partial charge is 0.191 e. The van der Waals surface area contributed by atoms with Crippen molar-refractivity contribution in [2.75, 3.05) is 57.3 Å². The van der Waals surface area contributed by atoms with E-state index in [1.807, 2.05) is 0 Å². The molecule has 0 saturated carbocycles. The Labute approximate surface area is 202 Å². The van der Waals surface area contributed by atoms with Crippen LogP contribution in [0.2, 0.25) is 0 Å². The molecule has 2 aromatic rings. The van der Waals surface area contributed by atoms with Crippen molar-refractivity contribution >= 4 is 47.0 Å². The number of aromatic nitrogens is 1. The van der Waals surface area contributed by atoms with Gasteiger partial charge in [-0.25, -0.2) is 4.98 Å². The number of aryl methyl sites for hydroxylation is 1. The van der Waals surface area contributed by atoms with Gasteiger partial charge in [0.2, 0.25) is 0 Å². The number of anilines is 1. The molecule has 0 aliphatic carbocycles. The highest BCUT2D eigenvalue weighted by Gasteiger charge is 2.16. The summed E-state index contributed by atoms with van der Waals surface area (Å²) in [4.78, 5) is 14.3. The third kappa shape index (κ3) is 8.39. The van der Waals surface area contributed by atoms with Gasteiger partial charge in [0.15, 0.2) is 5.96 Å². The molecule has 0 atom stereocenters.